The van der Waals surface area contributed by atoms with E-state index in [1.165, 1.54) is 31.2 Å². The molecular formula is C24H27N3O5S. The molecule has 0 spiro atoms. The number of hydrogen-bond acceptors (Lipinski definition) is 5. The summed E-state index contributed by atoms with van der Waals surface area (Å²) in [5.41, 5.74) is 0.929. The minimum atomic E-state index is -3.66. The monoisotopic (exact) mass is 469 g/mol. The van der Waals surface area contributed by atoms with Crippen molar-refractivity contribution in [2.24, 2.45) is 0 Å². The molecule has 8 nitrogen and oxygen atoms in total. The van der Waals surface area contributed by atoms with Crippen molar-refractivity contribution < 1.29 is 22.8 Å². The van der Waals surface area contributed by atoms with E-state index in [9.17, 15) is 22.8 Å². The zero-order valence-electron chi connectivity index (χ0n) is 18.8. The Bertz CT molecular complexity index is 1160. The van der Waals surface area contributed by atoms with E-state index in [0.29, 0.717) is 5.69 Å². The fraction of sp³-hybridized carbons (Fsp3) is 0.375. The number of nitrogens with one attached hydrogen (secondary N) is 1. The molecule has 4 rings (SSSR count). The molecule has 0 aromatic heterocycles. The average molecular weight is 470 g/mol. The number of carbonyl (C=O) groups excluding carboxylic acids is 3. The predicted octanol–water partition coefficient (Wildman–Crippen LogP) is 3.26. The number of anilines is 1. The van der Waals surface area contributed by atoms with Gasteiger partial charge >= 0.3 is 0 Å². The zero-order chi connectivity index (χ0) is 23.9. The van der Waals surface area contributed by atoms with Crippen molar-refractivity contribution in [3.8, 4) is 0 Å². The van der Waals surface area contributed by atoms with Crippen LogP contribution in [-0.2, 0) is 14.8 Å². The number of amides is 3. The molecule has 0 bridgehead atoms. The van der Waals surface area contributed by atoms with Gasteiger partial charge in [-0.2, -0.15) is 4.31 Å². The molecule has 0 aliphatic carbocycles. The van der Waals surface area contributed by atoms with E-state index in [4.69, 9.17) is 0 Å². The maximum Gasteiger partial charge on any atom is 0.262 e. The molecule has 33 heavy (non-hydrogen) atoms. The third kappa shape index (κ3) is 4.06. The van der Waals surface area contributed by atoms with Crippen molar-refractivity contribution in [1.82, 2.24) is 9.21 Å². The molecule has 1 saturated heterocycles. The van der Waals surface area contributed by atoms with Gasteiger partial charge in [0.05, 0.1) is 16.0 Å². The zero-order valence-corrected chi connectivity index (χ0v) is 19.6. The van der Waals surface area contributed by atoms with Crippen molar-refractivity contribution in [2.45, 2.75) is 63.1 Å². The molecule has 0 saturated carbocycles. The standard InChI is InChI=1S/C24H27N3O5S/c1-15-7-6-8-16(2)27(15)33(31,32)19-13-11-18(12-14-19)25-22(28)17(3)26-23(29)20-9-4-5-10-21(20)24(26)30/h4-5,9-17H,6-8H2,1-3H3,(H,25,28). The van der Waals surface area contributed by atoms with Gasteiger partial charge in [0.1, 0.15) is 6.04 Å². The lowest BCUT2D eigenvalue weighted by Gasteiger charge is -2.37. The van der Waals surface area contributed by atoms with E-state index in [-0.39, 0.29) is 28.1 Å². The van der Waals surface area contributed by atoms with E-state index in [2.05, 4.69) is 5.32 Å². The van der Waals surface area contributed by atoms with Gasteiger partial charge in [0.15, 0.2) is 0 Å². The number of carbonyl (C=O) groups is 3. The lowest BCUT2D eigenvalue weighted by Crippen LogP contribution is -2.47. The van der Waals surface area contributed by atoms with Crippen LogP contribution in [0.2, 0.25) is 0 Å². The van der Waals surface area contributed by atoms with E-state index in [1.54, 1.807) is 28.6 Å². The fourth-order valence-electron chi connectivity index (χ4n) is 4.63. The molecule has 2 aromatic carbocycles. The van der Waals surface area contributed by atoms with Gasteiger partial charge in [0, 0.05) is 17.8 Å². The van der Waals surface area contributed by atoms with Gasteiger partial charge in [-0.1, -0.05) is 18.6 Å². The third-order valence-electron chi connectivity index (χ3n) is 6.40. The molecule has 0 radical (unpaired) electrons. The summed E-state index contributed by atoms with van der Waals surface area (Å²) in [7, 11) is -3.66. The Morgan fingerprint density at radius 3 is 1.97 bits per heavy atom. The summed E-state index contributed by atoms with van der Waals surface area (Å²) < 4.78 is 27.9. The molecule has 174 valence electrons. The Balaban J connectivity index is 1.48. The molecule has 3 amide bonds. The summed E-state index contributed by atoms with van der Waals surface area (Å²) in [6, 6.07) is 11.2. The maximum absolute atomic E-state index is 13.2. The van der Waals surface area contributed by atoms with E-state index < -0.39 is 33.8 Å². The van der Waals surface area contributed by atoms with Crippen LogP contribution < -0.4 is 5.32 Å². The normalized spacial score (nSPS) is 22.2. The molecule has 1 fully saturated rings. The quantitative estimate of drug-likeness (QED) is 0.677. The van der Waals surface area contributed by atoms with Gasteiger partial charge < -0.3 is 5.32 Å². The summed E-state index contributed by atoms with van der Waals surface area (Å²) in [4.78, 5) is 39.1. The average Bonchev–Trinajstić information content (AvgIpc) is 3.03. The van der Waals surface area contributed by atoms with Gasteiger partial charge in [-0.3, -0.25) is 19.3 Å². The molecule has 2 aliphatic rings. The second-order valence-corrected chi connectivity index (χ2v) is 10.5. The highest BCUT2D eigenvalue weighted by molar-refractivity contribution is 7.89. The molecule has 2 aliphatic heterocycles. The highest BCUT2D eigenvalue weighted by Gasteiger charge is 2.40. The molecule has 2 heterocycles. The predicted molar refractivity (Wildman–Crippen MR) is 123 cm³/mol. The third-order valence-corrected chi connectivity index (χ3v) is 8.54. The van der Waals surface area contributed by atoms with Crippen molar-refractivity contribution in [3.05, 3.63) is 59.7 Å². The Morgan fingerprint density at radius 2 is 1.45 bits per heavy atom. The van der Waals surface area contributed by atoms with E-state index >= 15 is 0 Å². The number of imide groups is 1. The van der Waals surface area contributed by atoms with Crippen LogP contribution in [0.15, 0.2) is 53.4 Å². The summed E-state index contributed by atoms with van der Waals surface area (Å²) >= 11 is 0. The molecule has 1 N–H and O–H groups in total. The van der Waals surface area contributed by atoms with Crippen LogP contribution in [0.4, 0.5) is 5.69 Å². The second kappa shape index (κ2) is 8.72. The van der Waals surface area contributed by atoms with Crippen LogP contribution in [0.5, 0.6) is 0 Å². The van der Waals surface area contributed by atoms with Crippen molar-refractivity contribution in [2.75, 3.05) is 5.32 Å². The lowest BCUT2D eigenvalue weighted by atomic mass is 10.0. The summed E-state index contributed by atoms with van der Waals surface area (Å²) in [6.45, 7) is 5.32. The van der Waals surface area contributed by atoms with Crippen LogP contribution >= 0.6 is 0 Å². The van der Waals surface area contributed by atoms with Gasteiger partial charge in [-0.25, -0.2) is 8.42 Å². The summed E-state index contributed by atoms with van der Waals surface area (Å²) in [6.07, 6.45) is 2.66. The Kier molecular flexibility index (Phi) is 6.11. The van der Waals surface area contributed by atoms with Crippen molar-refractivity contribution >= 4 is 33.4 Å². The van der Waals surface area contributed by atoms with Crippen LogP contribution in [0.1, 0.15) is 60.7 Å². The van der Waals surface area contributed by atoms with E-state index in [0.717, 1.165) is 24.2 Å². The van der Waals surface area contributed by atoms with Gasteiger partial charge in [-0.15, -0.1) is 0 Å². The SMILES string of the molecule is CC(C(=O)Nc1ccc(S(=O)(=O)N2C(C)CCCC2C)cc1)N1C(=O)c2ccccc2C1=O. The van der Waals surface area contributed by atoms with Crippen LogP contribution in [0.25, 0.3) is 0 Å². The topological polar surface area (TPSA) is 104 Å². The molecule has 2 aromatic rings. The molecule has 3 atom stereocenters. The summed E-state index contributed by atoms with van der Waals surface area (Å²) in [5, 5.41) is 2.67. The molecular weight excluding hydrogens is 442 g/mol. The number of benzene rings is 2. The number of rotatable bonds is 5. The number of sulfonamides is 1. The number of piperidine rings is 1. The number of nitrogens with zero attached hydrogens (tertiary/aromatic N) is 2. The molecule has 3 unspecified atom stereocenters. The number of fused-ring (bicyclic) bond motifs is 1. The smallest absolute Gasteiger partial charge is 0.262 e. The minimum absolute atomic E-state index is 0.0707. The second-order valence-electron chi connectivity index (χ2n) is 8.68. The Hall–Kier alpha value is -3.04. The van der Waals surface area contributed by atoms with Crippen molar-refractivity contribution in [3.63, 3.8) is 0 Å². The minimum Gasteiger partial charge on any atom is -0.324 e. The highest BCUT2D eigenvalue weighted by Crippen LogP contribution is 2.30. The number of hydrogen-bond donors (Lipinski definition) is 1. The van der Waals surface area contributed by atoms with E-state index in [1.807, 2.05) is 13.8 Å². The Labute approximate surface area is 193 Å². The van der Waals surface area contributed by atoms with Crippen LogP contribution in [0, 0.1) is 0 Å². The first-order chi connectivity index (χ1) is 15.6. The van der Waals surface area contributed by atoms with Gasteiger partial charge in [-0.05, 0) is 70.0 Å². The van der Waals surface area contributed by atoms with Crippen LogP contribution in [-0.4, -0.2) is 53.5 Å². The van der Waals surface area contributed by atoms with Gasteiger partial charge in [0.25, 0.3) is 11.8 Å². The first-order valence-electron chi connectivity index (χ1n) is 11.0. The lowest BCUT2D eigenvalue weighted by molar-refractivity contribution is -0.119. The van der Waals surface area contributed by atoms with Gasteiger partial charge in [0.2, 0.25) is 15.9 Å². The van der Waals surface area contributed by atoms with Crippen LogP contribution in [0.3, 0.4) is 0 Å². The fourth-order valence-corrected chi connectivity index (χ4v) is 6.51. The highest BCUT2D eigenvalue weighted by atomic mass is 32.2. The Morgan fingerprint density at radius 1 is 0.939 bits per heavy atom. The molecule has 9 heteroatoms. The first-order valence-corrected chi connectivity index (χ1v) is 12.5. The largest absolute Gasteiger partial charge is 0.324 e. The maximum atomic E-state index is 13.2. The first kappa shape index (κ1) is 23.1. The summed E-state index contributed by atoms with van der Waals surface area (Å²) in [5.74, 6) is -1.56. The van der Waals surface area contributed by atoms with Crippen molar-refractivity contribution in [1.29, 1.82) is 0 Å².